The summed E-state index contributed by atoms with van der Waals surface area (Å²) in [6, 6.07) is 18.6. The number of nitriles is 1. The highest BCUT2D eigenvalue weighted by Gasteiger charge is 2.34. The van der Waals surface area contributed by atoms with E-state index >= 15 is 0 Å². The number of amides is 1. The monoisotopic (exact) mass is 438 g/mol. The van der Waals surface area contributed by atoms with Gasteiger partial charge in [0.25, 0.3) is 5.91 Å². The van der Waals surface area contributed by atoms with Gasteiger partial charge in [-0.25, -0.2) is 9.38 Å². The summed E-state index contributed by atoms with van der Waals surface area (Å²) in [4.78, 5) is 19.3. The molecule has 3 aromatic rings. The van der Waals surface area contributed by atoms with Crippen molar-refractivity contribution in [2.24, 2.45) is 4.99 Å². The fraction of sp³-hybridized carbons (Fsp3) is 0.154. The minimum atomic E-state index is -0.703. The van der Waals surface area contributed by atoms with Crippen LogP contribution in [0, 0.1) is 22.6 Å². The zero-order chi connectivity index (χ0) is 23.1. The van der Waals surface area contributed by atoms with Crippen molar-refractivity contribution in [3.05, 3.63) is 88.7 Å². The van der Waals surface area contributed by atoms with Crippen LogP contribution in [0.15, 0.2) is 65.7 Å². The molecule has 0 spiro atoms. The van der Waals surface area contributed by atoms with Crippen LogP contribution >= 0.6 is 0 Å². The third-order valence-corrected chi connectivity index (χ3v) is 5.89. The van der Waals surface area contributed by atoms with E-state index < -0.39 is 11.9 Å². The number of nitrogens with one attached hydrogen (secondary N) is 1. The summed E-state index contributed by atoms with van der Waals surface area (Å²) in [5.41, 5.74) is 4.40. The molecule has 162 valence electrons. The lowest BCUT2D eigenvalue weighted by Gasteiger charge is -2.20. The number of likely N-dealkylation sites (N-methyl/N-ethyl adjacent to an activating group) is 1. The molecule has 1 N–H and O–H groups in total. The average Bonchev–Trinajstić information content (AvgIpc) is 3.13. The van der Waals surface area contributed by atoms with Gasteiger partial charge in [-0.1, -0.05) is 36.4 Å². The summed E-state index contributed by atoms with van der Waals surface area (Å²) >= 11 is 0. The van der Waals surface area contributed by atoms with Gasteiger partial charge in [-0.2, -0.15) is 5.26 Å². The normalized spacial score (nSPS) is 17.3. The van der Waals surface area contributed by atoms with E-state index in [9.17, 15) is 9.18 Å². The van der Waals surface area contributed by atoms with Gasteiger partial charge in [0.15, 0.2) is 6.04 Å². The lowest BCUT2D eigenvalue weighted by atomic mass is 9.98. The second-order valence-electron chi connectivity index (χ2n) is 8.08. The molecule has 2 heterocycles. The lowest BCUT2D eigenvalue weighted by Crippen LogP contribution is -2.30. The standard InChI is InChI=1S/C26H19FN4O2/c1-31-25(19-6-5-17-11-21(29)14-33-23(17)12-19)30-24(26(31)32)18-4-2-3-15(9-18)16-7-8-22(27)20(10-16)13-28/h2-10,12,24,29H,11,14H2,1H3. The predicted octanol–water partition coefficient (Wildman–Crippen LogP) is 4.28. The number of benzene rings is 3. The lowest BCUT2D eigenvalue weighted by molar-refractivity contribution is -0.126. The number of aliphatic imine (C=N–C) groups is 1. The molecule has 6 nitrogen and oxygen atoms in total. The fourth-order valence-corrected chi connectivity index (χ4v) is 4.14. The third-order valence-electron chi connectivity index (χ3n) is 5.89. The maximum Gasteiger partial charge on any atom is 0.257 e. The van der Waals surface area contributed by atoms with Crippen LogP contribution in [0.2, 0.25) is 0 Å². The topological polar surface area (TPSA) is 89.5 Å². The molecule has 0 aliphatic carbocycles. The Kier molecular flexibility index (Phi) is 4.98. The number of ether oxygens (including phenoxy) is 1. The molecule has 2 aliphatic heterocycles. The van der Waals surface area contributed by atoms with Crippen molar-refractivity contribution < 1.29 is 13.9 Å². The highest BCUT2D eigenvalue weighted by molar-refractivity contribution is 6.13. The molecule has 1 unspecified atom stereocenters. The Bertz CT molecular complexity index is 1390. The second kappa shape index (κ2) is 7.99. The summed E-state index contributed by atoms with van der Waals surface area (Å²) in [5.74, 6) is 0.544. The molecule has 5 rings (SSSR count). The molecule has 7 heteroatoms. The molecule has 1 amide bonds. The Balaban J connectivity index is 1.49. The quantitative estimate of drug-likeness (QED) is 0.662. The highest BCUT2D eigenvalue weighted by atomic mass is 19.1. The largest absolute Gasteiger partial charge is 0.487 e. The molecular weight excluding hydrogens is 419 g/mol. The zero-order valence-corrected chi connectivity index (χ0v) is 17.8. The Morgan fingerprint density at radius 1 is 1.12 bits per heavy atom. The Morgan fingerprint density at radius 2 is 1.91 bits per heavy atom. The minimum Gasteiger partial charge on any atom is -0.487 e. The number of halogens is 1. The first-order valence-electron chi connectivity index (χ1n) is 10.4. The van der Waals surface area contributed by atoms with Crippen molar-refractivity contribution in [3.8, 4) is 22.9 Å². The van der Waals surface area contributed by atoms with E-state index in [0.717, 1.165) is 16.7 Å². The minimum absolute atomic E-state index is 0.0281. The van der Waals surface area contributed by atoms with E-state index in [1.807, 2.05) is 48.5 Å². The Labute approximate surface area is 190 Å². The van der Waals surface area contributed by atoms with Gasteiger partial charge in [-0.15, -0.1) is 0 Å². The van der Waals surface area contributed by atoms with Gasteiger partial charge < -0.3 is 10.1 Å². The van der Waals surface area contributed by atoms with Gasteiger partial charge in [0.1, 0.15) is 30.1 Å². The first-order valence-corrected chi connectivity index (χ1v) is 10.4. The fourth-order valence-electron chi connectivity index (χ4n) is 4.14. The number of carbonyl (C=O) groups excluding carboxylic acids is 1. The van der Waals surface area contributed by atoms with Crippen molar-refractivity contribution >= 4 is 17.5 Å². The zero-order valence-electron chi connectivity index (χ0n) is 17.8. The van der Waals surface area contributed by atoms with Crippen LogP contribution in [0.5, 0.6) is 5.75 Å². The Morgan fingerprint density at radius 3 is 2.73 bits per heavy atom. The predicted molar refractivity (Wildman–Crippen MR) is 122 cm³/mol. The molecular formula is C26H19FN4O2. The molecule has 1 atom stereocenters. The highest BCUT2D eigenvalue weighted by Crippen LogP contribution is 2.33. The average molecular weight is 438 g/mol. The molecule has 0 radical (unpaired) electrons. The molecule has 0 saturated heterocycles. The van der Waals surface area contributed by atoms with Gasteiger partial charge >= 0.3 is 0 Å². The van der Waals surface area contributed by atoms with E-state index in [4.69, 9.17) is 20.4 Å². The maximum atomic E-state index is 13.7. The van der Waals surface area contributed by atoms with Crippen molar-refractivity contribution in [1.82, 2.24) is 4.90 Å². The smallest absolute Gasteiger partial charge is 0.257 e. The Hall–Kier alpha value is -4.31. The molecule has 2 aliphatic rings. The number of rotatable bonds is 3. The van der Waals surface area contributed by atoms with Crippen molar-refractivity contribution in [3.63, 3.8) is 0 Å². The van der Waals surface area contributed by atoms with Gasteiger partial charge in [0.2, 0.25) is 0 Å². The summed E-state index contributed by atoms with van der Waals surface area (Å²) in [7, 11) is 1.69. The SMILES string of the molecule is CN1C(=O)C(c2cccc(-c3ccc(F)c(C#N)c3)c2)N=C1c1ccc2c(c1)OCC(=N)C2. The first-order chi connectivity index (χ1) is 15.9. The summed E-state index contributed by atoms with van der Waals surface area (Å²) < 4.78 is 19.4. The summed E-state index contributed by atoms with van der Waals surface area (Å²) in [6.45, 7) is 0.268. The molecule has 0 bridgehead atoms. The van der Waals surface area contributed by atoms with E-state index in [2.05, 4.69) is 0 Å². The maximum absolute atomic E-state index is 13.7. The third kappa shape index (κ3) is 3.66. The summed E-state index contributed by atoms with van der Waals surface area (Å²) in [5, 5.41) is 16.9. The van der Waals surface area contributed by atoms with Gasteiger partial charge in [-0.05, 0) is 46.5 Å². The van der Waals surface area contributed by atoms with E-state index in [1.54, 1.807) is 13.1 Å². The van der Waals surface area contributed by atoms with Crippen LogP contribution < -0.4 is 4.74 Å². The van der Waals surface area contributed by atoms with E-state index in [1.165, 1.54) is 17.0 Å². The first kappa shape index (κ1) is 20.6. The molecule has 3 aromatic carbocycles. The number of hydrogen-bond acceptors (Lipinski definition) is 5. The van der Waals surface area contributed by atoms with Crippen LogP contribution in [0.1, 0.15) is 28.3 Å². The molecule has 33 heavy (non-hydrogen) atoms. The van der Waals surface area contributed by atoms with Crippen molar-refractivity contribution in [2.75, 3.05) is 13.7 Å². The van der Waals surface area contributed by atoms with Crippen LogP contribution in [0.3, 0.4) is 0 Å². The van der Waals surface area contributed by atoms with Crippen LogP contribution in [-0.2, 0) is 11.2 Å². The van der Waals surface area contributed by atoms with Crippen molar-refractivity contribution in [2.45, 2.75) is 12.5 Å². The number of nitrogens with zero attached hydrogens (tertiary/aromatic N) is 3. The van der Waals surface area contributed by atoms with Crippen LogP contribution in [0.25, 0.3) is 11.1 Å². The van der Waals surface area contributed by atoms with Gasteiger partial charge in [0.05, 0.1) is 11.3 Å². The number of amidine groups is 1. The van der Waals surface area contributed by atoms with Crippen LogP contribution in [0.4, 0.5) is 4.39 Å². The van der Waals surface area contributed by atoms with Gasteiger partial charge in [0, 0.05) is 19.0 Å². The van der Waals surface area contributed by atoms with Gasteiger partial charge in [-0.3, -0.25) is 9.69 Å². The number of hydrogen-bond donors (Lipinski definition) is 1. The summed E-state index contributed by atoms with van der Waals surface area (Å²) in [6.07, 6.45) is 0.559. The number of fused-ring (bicyclic) bond motifs is 1. The molecule has 0 fully saturated rings. The van der Waals surface area contributed by atoms with Crippen LogP contribution in [-0.4, -0.2) is 36.0 Å². The second-order valence-corrected chi connectivity index (χ2v) is 8.08. The molecule has 0 saturated carbocycles. The van der Waals surface area contributed by atoms with E-state index in [-0.39, 0.29) is 18.1 Å². The number of carbonyl (C=O) groups is 1. The molecule has 0 aromatic heterocycles. The van der Waals surface area contributed by atoms with E-state index in [0.29, 0.717) is 34.8 Å². The van der Waals surface area contributed by atoms with Crippen molar-refractivity contribution in [1.29, 1.82) is 10.7 Å².